The van der Waals surface area contributed by atoms with Gasteiger partial charge in [0.2, 0.25) is 5.76 Å². The van der Waals surface area contributed by atoms with Crippen LogP contribution >= 0.6 is 11.6 Å². The summed E-state index contributed by atoms with van der Waals surface area (Å²) < 4.78 is 17.1. The van der Waals surface area contributed by atoms with E-state index in [1.807, 2.05) is 24.3 Å². The smallest absolute Gasteiger partial charge is 0.291 e. The van der Waals surface area contributed by atoms with Gasteiger partial charge in [0, 0.05) is 18.2 Å². The van der Waals surface area contributed by atoms with Gasteiger partial charge in [-0.2, -0.15) is 0 Å². The Morgan fingerprint density at radius 3 is 2.83 bits per heavy atom. The molecule has 0 saturated carbocycles. The molecule has 154 valence electrons. The van der Waals surface area contributed by atoms with Gasteiger partial charge in [0.05, 0.1) is 30.2 Å². The Balaban J connectivity index is 1.71. The molecule has 7 heteroatoms. The number of halogens is 1. The van der Waals surface area contributed by atoms with Crippen molar-refractivity contribution in [2.75, 3.05) is 20.3 Å². The SMILES string of the molecule is COc1cccc([C@H]2c3c(oc4ccc(Cl)cc4c3=O)C(=O)N2C[C@@H]2CCCO2)c1. The standard InChI is InChI=1S/C23H20ClNO5/c1-28-15-5-2-4-13(10-15)20-19-21(26)17-11-14(24)7-8-18(17)30-22(19)23(27)25(20)12-16-6-3-9-29-16/h2,4-5,7-8,10-11,16,20H,3,6,9,12H2,1H3/t16-,20-/m0/s1. The van der Waals surface area contributed by atoms with Crippen LogP contribution in [0.15, 0.2) is 51.7 Å². The van der Waals surface area contributed by atoms with Crippen molar-refractivity contribution in [1.82, 2.24) is 4.90 Å². The maximum absolute atomic E-state index is 13.5. The molecule has 0 unspecified atom stereocenters. The van der Waals surface area contributed by atoms with Crippen molar-refractivity contribution in [2.24, 2.45) is 0 Å². The molecule has 3 heterocycles. The molecule has 1 fully saturated rings. The third kappa shape index (κ3) is 3.07. The number of methoxy groups -OCH3 is 1. The van der Waals surface area contributed by atoms with Crippen LogP contribution < -0.4 is 10.2 Å². The minimum absolute atomic E-state index is 0.0599. The molecule has 0 bridgehead atoms. The van der Waals surface area contributed by atoms with Crippen LogP contribution in [0.1, 0.15) is 40.6 Å². The van der Waals surface area contributed by atoms with Crippen molar-refractivity contribution in [3.63, 3.8) is 0 Å². The van der Waals surface area contributed by atoms with Crippen molar-refractivity contribution in [1.29, 1.82) is 0 Å². The van der Waals surface area contributed by atoms with Crippen LogP contribution in [0.2, 0.25) is 5.02 Å². The van der Waals surface area contributed by atoms with E-state index in [2.05, 4.69) is 0 Å². The largest absolute Gasteiger partial charge is 0.497 e. The fraction of sp³-hybridized carbons (Fsp3) is 0.304. The number of rotatable bonds is 4. The topological polar surface area (TPSA) is 69.0 Å². The molecule has 1 amide bonds. The summed E-state index contributed by atoms with van der Waals surface area (Å²) in [5, 5.41) is 0.800. The second kappa shape index (κ2) is 7.45. The molecule has 0 spiro atoms. The predicted molar refractivity (Wildman–Crippen MR) is 112 cm³/mol. The lowest BCUT2D eigenvalue weighted by Crippen LogP contribution is -2.36. The molecule has 2 atom stereocenters. The first-order valence-corrected chi connectivity index (χ1v) is 10.3. The first-order chi connectivity index (χ1) is 14.6. The van der Waals surface area contributed by atoms with Crippen LogP contribution in [0.5, 0.6) is 5.75 Å². The second-order valence-corrected chi connectivity index (χ2v) is 8.02. The number of carbonyl (C=O) groups is 1. The lowest BCUT2D eigenvalue weighted by atomic mass is 9.98. The maximum Gasteiger partial charge on any atom is 0.291 e. The molecular weight excluding hydrogens is 406 g/mol. The highest BCUT2D eigenvalue weighted by Gasteiger charge is 2.44. The molecule has 30 heavy (non-hydrogen) atoms. The summed E-state index contributed by atoms with van der Waals surface area (Å²) in [5.41, 5.74) is 1.22. The van der Waals surface area contributed by atoms with Gasteiger partial charge in [0.25, 0.3) is 5.91 Å². The van der Waals surface area contributed by atoms with Gasteiger partial charge in [-0.3, -0.25) is 9.59 Å². The monoisotopic (exact) mass is 425 g/mol. The van der Waals surface area contributed by atoms with E-state index in [1.165, 1.54) is 0 Å². The Labute approximate surface area is 177 Å². The second-order valence-electron chi connectivity index (χ2n) is 7.59. The Kier molecular flexibility index (Phi) is 4.76. The van der Waals surface area contributed by atoms with Crippen molar-refractivity contribution in [3.8, 4) is 5.75 Å². The highest BCUT2D eigenvalue weighted by Crippen LogP contribution is 2.39. The summed E-state index contributed by atoms with van der Waals surface area (Å²) in [5.74, 6) is 0.432. The molecule has 0 radical (unpaired) electrons. The van der Waals surface area contributed by atoms with E-state index < -0.39 is 6.04 Å². The lowest BCUT2D eigenvalue weighted by Gasteiger charge is -2.27. The number of ether oxygens (including phenoxy) is 2. The molecular formula is C23H20ClNO5. The Morgan fingerprint density at radius 1 is 1.20 bits per heavy atom. The Hall–Kier alpha value is -2.83. The zero-order chi connectivity index (χ0) is 20.8. The zero-order valence-corrected chi connectivity index (χ0v) is 17.1. The number of carbonyl (C=O) groups excluding carboxylic acids is 1. The van der Waals surface area contributed by atoms with Crippen LogP contribution in [0, 0.1) is 0 Å². The van der Waals surface area contributed by atoms with E-state index in [4.69, 9.17) is 25.5 Å². The number of amides is 1. The molecule has 0 N–H and O–H groups in total. The summed E-state index contributed by atoms with van der Waals surface area (Å²) in [6, 6.07) is 11.7. The highest BCUT2D eigenvalue weighted by atomic mass is 35.5. The minimum Gasteiger partial charge on any atom is -0.497 e. The van der Waals surface area contributed by atoms with Crippen LogP contribution in [0.3, 0.4) is 0 Å². The quantitative estimate of drug-likeness (QED) is 0.627. The van der Waals surface area contributed by atoms with Crippen molar-refractivity contribution in [2.45, 2.75) is 25.0 Å². The molecule has 3 aromatic rings. The maximum atomic E-state index is 13.5. The molecule has 2 aliphatic rings. The van der Waals surface area contributed by atoms with E-state index in [1.54, 1.807) is 30.2 Å². The van der Waals surface area contributed by atoms with Crippen LogP contribution in [0.25, 0.3) is 11.0 Å². The van der Waals surface area contributed by atoms with E-state index in [0.29, 0.717) is 40.5 Å². The number of fused-ring (bicyclic) bond motifs is 2. The van der Waals surface area contributed by atoms with E-state index in [-0.39, 0.29) is 23.2 Å². The van der Waals surface area contributed by atoms with Gasteiger partial charge >= 0.3 is 0 Å². The predicted octanol–water partition coefficient (Wildman–Crippen LogP) is 4.18. The molecule has 1 saturated heterocycles. The Bertz CT molecular complexity index is 1200. The summed E-state index contributed by atoms with van der Waals surface area (Å²) in [6.07, 6.45) is 1.78. The molecule has 2 aromatic carbocycles. The van der Waals surface area contributed by atoms with E-state index in [0.717, 1.165) is 18.4 Å². The first-order valence-electron chi connectivity index (χ1n) is 9.89. The van der Waals surface area contributed by atoms with E-state index >= 15 is 0 Å². The molecule has 1 aromatic heterocycles. The van der Waals surface area contributed by atoms with Crippen LogP contribution in [0.4, 0.5) is 0 Å². The molecule has 5 rings (SSSR count). The summed E-state index contributed by atoms with van der Waals surface area (Å²) in [6.45, 7) is 1.07. The molecule has 6 nitrogen and oxygen atoms in total. The summed E-state index contributed by atoms with van der Waals surface area (Å²) in [4.78, 5) is 28.5. The van der Waals surface area contributed by atoms with Gasteiger partial charge in [-0.1, -0.05) is 23.7 Å². The third-order valence-electron chi connectivity index (χ3n) is 5.76. The molecule has 2 aliphatic heterocycles. The fourth-order valence-electron chi connectivity index (χ4n) is 4.35. The summed E-state index contributed by atoms with van der Waals surface area (Å²) >= 11 is 6.11. The average molecular weight is 426 g/mol. The Morgan fingerprint density at radius 2 is 2.07 bits per heavy atom. The third-order valence-corrected chi connectivity index (χ3v) is 6.00. The highest BCUT2D eigenvalue weighted by molar-refractivity contribution is 6.31. The minimum atomic E-state index is -0.577. The fourth-order valence-corrected chi connectivity index (χ4v) is 4.52. The number of benzene rings is 2. The van der Waals surface area contributed by atoms with Gasteiger partial charge in [0.15, 0.2) is 5.43 Å². The van der Waals surface area contributed by atoms with Gasteiger partial charge in [-0.25, -0.2) is 0 Å². The van der Waals surface area contributed by atoms with Gasteiger partial charge in [-0.05, 0) is 48.7 Å². The number of hydrogen-bond acceptors (Lipinski definition) is 5. The van der Waals surface area contributed by atoms with Crippen molar-refractivity contribution >= 4 is 28.5 Å². The van der Waals surface area contributed by atoms with E-state index in [9.17, 15) is 9.59 Å². The molecule has 0 aliphatic carbocycles. The van der Waals surface area contributed by atoms with Gasteiger partial charge < -0.3 is 18.8 Å². The summed E-state index contributed by atoms with van der Waals surface area (Å²) in [7, 11) is 1.58. The lowest BCUT2D eigenvalue weighted by molar-refractivity contribution is 0.0486. The zero-order valence-electron chi connectivity index (χ0n) is 16.4. The normalized spacial score (nSPS) is 20.7. The number of nitrogens with zero attached hydrogens (tertiary/aromatic N) is 1. The van der Waals surface area contributed by atoms with Crippen LogP contribution in [-0.2, 0) is 4.74 Å². The van der Waals surface area contributed by atoms with Crippen molar-refractivity contribution < 1.29 is 18.7 Å². The van der Waals surface area contributed by atoms with Crippen molar-refractivity contribution in [3.05, 3.63) is 74.6 Å². The first kappa shape index (κ1) is 19.2. The van der Waals surface area contributed by atoms with Crippen LogP contribution in [-0.4, -0.2) is 37.2 Å². The van der Waals surface area contributed by atoms with Gasteiger partial charge in [0.1, 0.15) is 11.3 Å². The number of hydrogen-bond donors (Lipinski definition) is 0. The van der Waals surface area contributed by atoms with Gasteiger partial charge in [-0.15, -0.1) is 0 Å². The average Bonchev–Trinajstić information content (AvgIpc) is 3.36.